The van der Waals surface area contributed by atoms with E-state index in [1.54, 1.807) is 0 Å². The molecule has 0 unspecified atom stereocenters. The summed E-state index contributed by atoms with van der Waals surface area (Å²) >= 11 is 0. The lowest BCUT2D eigenvalue weighted by Crippen LogP contribution is -2.31. The molecule has 1 aromatic carbocycles. The molecule has 1 N–H and O–H groups in total. The van der Waals surface area contributed by atoms with E-state index in [2.05, 4.69) is 5.32 Å². The molecule has 0 aliphatic rings. The van der Waals surface area contributed by atoms with Gasteiger partial charge in [-0.2, -0.15) is 0 Å². The van der Waals surface area contributed by atoms with Crippen LogP contribution in [0.3, 0.4) is 0 Å². The highest BCUT2D eigenvalue weighted by atomic mass is 19.2. The van der Waals surface area contributed by atoms with E-state index < -0.39 is 23.4 Å². The normalized spacial score (nSPS) is 10.2. The fourth-order valence-electron chi connectivity index (χ4n) is 1.40. The van der Waals surface area contributed by atoms with Gasteiger partial charge < -0.3 is 10.2 Å². The number of hydrogen-bond acceptors (Lipinski definition) is 2. The van der Waals surface area contributed by atoms with Gasteiger partial charge in [0.2, 0.25) is 5.91 Å². The van der Waals surface area contributed by atoms with E-state index in [0.29, 0.717) is 12.1 Å². The van der Waals surface area contributed by atoms with E-state index >= 15 is 0 Å². The summed E-state index contributed by atoms with van der Waals surface area (Å²) in [6.45, 7) is 0.0825. The first-order chi connectivity index (χ1) is 8.86. The highest BCUT2D eigenvalue weighted by Crippen LogP contribution is 2.14. The summed E-state index contributed by atoms with van der Waals surface area (Å²) in [5.74, 6) is -5.44. The molecule has 104 valence electrons. The molecule has 0 saturated carbocycles. The van der Waals surface area contributed by atoms with E-state index in [0.717, 1.165) is 4.90 Å². The third-order valence-corrected chi connectivity index (χ3v) is 2.53. The Hall–Kier alpha value is -2.05. The summed E-state index contributed by atoms with van der Waals surface area (Å²) in [4.78, 5) is 23.9. The average molecular weight is 274 g/mol. The van der Waals surface area contributed by atoms with Gasteiger partial charge in [-0.15, -0.1) is 0 Å². The van der Waals surface area contributed by atoms with Crippen molar-refractivity contribution >= 4 is 11.8 Å². The van der Waals surface area contributed by atoms with E-state index in [9.17, 15) is 22.8 Å². The van der Waals surface area contributed by atoms with Crippen LogP contribution in [0.1, 0.15) is 16.8 Å². The Bertz CT molecular complexity index is 483. The molecule has 0 heterocycles. The molecule has 0 aromatic heterocycles. The molecule has 0 radical (unpaired) electrons. The van der Waals surface area contributed by atoms with Crippen LogP contribution in [-0.4, -0.2) is 37.4 Å². The first-order valence-corrected chi connectivity index (χ1v) is 5.47. The smallest absolute Gasteiger partial charge is 0.253 e. The highest BCUT2D eigenvalue weighted by molar-refractivity contribution is 5.94. The minimum absolute atomic E-state index is 0.0604. The first kappa shape index (κ1) is 15.0. The van der Waals surface area contributed by atoms with Crippen LogP contribution in [0, 0.1) is 17.5 Å². The van der Waals surface area contributed by atoms with Crippen molar-refractivity contribution in [3.8, 4) is 0 Å². The topological polar surface area (TPSA) is 49.4 Å². The van der Waals surface area contributed by atoms with Crippen molar-refractivity contribution < 1.29 is 22.8 Å². The van der Waals surface area contributed by atoms with Crippen molar-refractivity contribution in [3.05, 3.63) is 35.1 Å². The van der Waals surface area contributed by atoms with Crippen LogP contribution in [0.15, 0.2) is 12.1 Å². The molecule has 0 aliphatic heterocycles. The van der Waals surface area contributed by atoms with Crippen LogP contribution in [-0.2, 0) is 4.79 Å². The van der Waals surface area contributed by atoms with Crippen LogP contribution in [0.25, 0.3) is 0 Å². The molecule has 4 nitrogen and oxygen atoms in total. The maximum atomic E-state index is 13.0. The zero-order valence-corrected chi connectivity index (χ0v) is 10.5. The highest BCUT2D eigenvalue weighted by Gasteiger charge is 2.18. The second kappa shape index (κ2) is 6.21. The Morgan fingerprint density at radius 2 is 1.74 bits per heavy atom. The molecule has 0 aliphatic carbocycles. The number of nitrogens with one attached hydrogen (secondary N) is 1. The summed E-state index contributed by atoms with van der Waals surface area (Å²) in [7, 11) is 2.83. The number of benzene rings is 1. The van der Waals surface area contributed by atoms with Gasteiger partial charge in [-0.05, 0) is 12.1 Å². The van der Waals surface area contributed by atoms with Gasteiger partial charge in [0.15, 0.2) is 17.5 Å². The largest absolute Gasteiger partial charge is 0.359 e. The molecule has 0 atom stereocenters. The summed E-state index contributed by atoms with van der Waals surface area (Å²) in [6, 6.07) is 1.24. The Morgan fingerprint density at radius 1 is 1.21 bits per heavy atom. The Kier molecular flexibility index (Phi) is 4.91. The van der Waals surface area contributed by atoms with Crippen molar-refractivity contribution in [1.29, 1.82) is 0 Å². The van der Waals surface area contributed by atoms with Crippen molar-refractivity contribution in [2.75, 3.05) is 20.6 Å². The van der Waals surface area contributed by atoms with Crippen LogP contribution in [0.5, 0.6) is 0 Å². The van der Waals surface area contributed by atoms with E-state index in [4.69, 9.17) is 0 Å². The second-order valence-electron chi connectivity index (χ2n) is 3.90. The van der Waals surface area contributed by atoms with Gasteiger partial charge in [0.25, 0.3) is 5.91 Å². The van der Waals surface area contributed by atoms with Crippen molar-refractivity contribution in [3.63, 3.8) is 0 Å². The second-order valence-corrected chi connectivity index (χ2v) is 3.90. The van der Waals surface area contributed by atoms with Crippen LogP contribution < -0.4 is 5.32 Å². The van der Waals surface area contributed by atoms with Crippen molar-refractivity contribution in [2.24, 2.45) is 0 Å². The lowest BCUT2D eigenvalue weighted by molar-refractivity contribution is -0.120. The van der Waals surface area contributed by atoms with Crippen LogP contribution in [0.4, 0.5) is 13.2 Å². The lowest BCUT2D eigenvalue weighted by Gasteiger charge is -2.16. The lowest BCUT2D eigenvalue weighted by atomic mass is 10.1. The van der Waals surface area contributed by atoms with Gasteiger partial charge >= 0.3 is 0 Å². The van der Waals surface area contributed by atoms with Crippen LogP contribution >= 0.6 is 0 Å². The SMILES string of the molecule is CNC(=O)CCN(C)C(=O)c1cc(F)c(F)c(F)c1. The van der Waals surface area contributed by atoms with E-state index in [1.165, 1.54) is 14.1 Å². The predicted molar refractivity (Wildman–Crippen MR) is 62.0 cm³/mol. The van der Waals surface area contributed by atoms with Gasteiger partial charge in [0.05, 0.1) is 0 Å². The molecule has 0 saturated heterocycles. The zero-order valence-electron chi connectivity index (χ0n) is 10.5. The zero-order chi connectivity index (χ0) is 14.6. The minimum Gasteiger partial charge on any atom is -0.359 e. The molecule has 2 amide bonds. The number of carbonyl (C=O) groups is 2. The standard InChI is InChI=1S/C12H13F3N2O2/c1-16-10(18)3-4-17(2)12(19)7-5-8(13)11(15)9(14)6-7/h5-6H,3-4H2,1-2H3,(H,16,18). The minimum atomic E-state index is -1.62. The third-order valence-electron chi connectivity index (χ3n) is 2.53. The summed E-state index contributed by atoms with van der Waals surface area (Å²) in [5, 5.41) is 2.38. The van der Waals surface area contributed by atoms with Gasteiger partial charge in [0.1, 0.15) is 0 Å². The molecule has 1 aromatic rings. The fourth-order valence-corrected chi connectivity index (χ4v) is 1.40. The molecule has 1 rings (SSSR count). The molecule has 19 heavy (non-hydrogen) atoms. The fraction of sp³-hybridized carbons (Fsp3) is 0.333. The molecular formula is C12H13F3N2O2. The van der Waals surface area contributed by atoms with E-state index in [1.807, 2.05) is 0 Å². The number of rotatable bonds is 4. The number of halogens is 3. The predicted octanol–water partition coefficient (Wildman–Crippen LogP) is 1.31. The number of carbonyl (C=O) groups excluding carboxylic acids is 2. The van der Waals surface area contributed by atoms with Crippen molar-refractivity contribution in [1.82, 2.24) is 10.2 Å². The third kappa shape index (κ3) is 3.70. The van der Waals surface area contributed by atoms with Gasteiger partial charge in [-0.1, -0.05) is 0 Å². The van der Waals surface area contributed by atoms with Gasteiger partial charge in [-0.3, -0.25) is 9.59 Å². The Balaban J connectivity index is 2.80. The summed E-state index contributed by atoms with van der Waals surface area (Å²) in [6.07, 6.45) is 0.0604. The van der Waals surface area contributed by atoms with Crippen molar-refractivity contribution in [2.45, 2.75) is 6.42 Å². The molecule has 0 fully saturated rings. The maximum absolute atomic E-state index is 13.0. The number of nitrogens with zero attached hydrogens (tertiary/aromatic N) is 1. The van der Waals surface area contributed by atoms with Gasteiger partial charge in [0, 0.05) is 32.6 Å². The number of amides is 2. The molecular weight excluding hydrogens is 261 g/mol. The quantitative estimate of drug-likeness (QED) is 0.842. The van der Waals surface area contributed by atoms with Crippen LogP contribution in [0.2, 0.25) is 0 Å². The monoisotopic (exact) mass is 274 g/mol. The summed E-state index contributed by atoms with van der Waals surface area (Å²) < 4.78 is 38.7. The molecule has 7 heteroatoms. The maximum Gasteiger partial charge on any atom is 0.253 e. The molecule has 0 spiro atoms. The Labute approximate surface area is 108 Å². The van der Waals surface area contributed by atoms with Gasteiger partial charge in [-0.25, -0.2) is 13.2 Å². The summed E-state index contributed by atoms with van der Waals surface area (Å²) in [5.41, 5.74) is -0.309. The van der Waals surface area contributed by atoms with E-state index in [-0.39, 0.29) is 24.4 Å². The molecule has 0 bridgehead atoms. The Morgan fingerprint density at radius 3 is 2.21 bits per heavy atom. The first-order valence-electron chi connectivity index (χ1n) is 5.47. The average Bonchev–Trinajstić information content (AvgIpc) is 2.40. The number of hydrogen-bond donors (Lipinski definition) is 1.